The van der Waals surface area contributed by atoms with Crippen molar-refractivity contribution in [2.24, 2.45) is 11.7 Å². The molecule has 1 atom stereocenters. The topological polar surface area (TPSA) is 46.3 Å². The largest absolute Gasteiger partial charge is 0.338 e. The molecular weight excluding hydrogens is 176 g/mol. The monoisotopic (exact) mass is 198 g/mol. The zero-order valence-corrected chi connectivity index (χ0v) is 9.49. The van der Waals surface area contributed by atoms with Crippen molar-refractivity contribution in [2.45, 2.75) is 33.2 Å². The lowest BCUT2D eigenvalue weighted by Crippen LogP contribution is -2.46. The van der Waals surface area contributed by atoms with Gasteiger partial charge in [-0.1, -0.05) is 26.8 Å². The average molecular weight is 198 g/mol. The third kappa shape index (κ3) is 3.92. The van der Waals surface area contributed by atoms with Crippen LogP contribution in [0.2, 0.25) is 0 Å². The molecule has 0 radical (unpaired) electrons. The molecule has 0 fully saturated rings. The maximum absolute atomic E-state index is 11.8. The van der Waals surface area contributed by atoms with Crippen LogP contribution in [0.15, 0.2) is 12.7 Å². The predicted octanol–water partition coefficient (Wildman–Crippen LogP) is 1.39. The van der Waals surface area contributed by atoms with Gasteiger partial charge >= 0.3 is 0 Å². The standard InChI is InChI=1S/C11H22N2O/c1-5-7-13(8-6-2)11(14)10(12)9(3)4/h5,9-10H,1,6-8,12H2,2-4H3/t10-/m0/s1. The first kappa shape index (κ1) is 13.2. The second-order valence-corrected chi connectivity index (χ2v) is 3.84. The lowest BCUT2D eigenvalue weighted by molar-refractivity contribution is -0.133. The van der Waals surface area contributed by atoms with Gasteiger partial charge in [-0.15, -0.1) is 6.58 Å². The molecule has 0 aromatic heterocycles. The highest BCUT2D eigenvalue weighted by molar-refractivity contribution is 5.82. The summed E-state index contributed by atoms with van der Waals surface area (Å²) in [7, 11) is 0. The van der Waals surface area contributed by atoms with Crippen molar-refractivity contribution < 1.29 is 4.79 Å². The van der Waals surface area contributed by atoms with Gasteiger partial charge in [-0.3, -0.25) is 4.79 Å². The first-order valence-corrected chi connectivity index (χ1v) is 5.19. The van der Waals surface area contributed by atoms with Crippen LogP contribution in [-0.4, -0.2) is 29.9 Å². The second-order valence-electron chi connectivity index (χ2n) is 3.84. The molecule has 0 aliphatic heterocycles. The molecule has 0 saturated carbocycles. The minimum absolute atomic E-state index is 0.0294. The summed E-state index contributed by atoms with van der Waals surface area (Å²) in [6.07, 6.45) is 2.69. The minimum atomic E-state index is -0.388. The number of hydrogen-bond donors (Lipinski definition) is 1. The molecule has 3 nitrogen and oxygen atoms in total. The summed E-state index contributed by atoms with van der Waals surface area (Å²) in [5, 5.41) is 0. The van der Waals surface area contributed by atoms with Gasteiger partial charge in [0, 0.05) is 13.1 Å². The van der Waals surface area contributed by atoms with Gasteiger partial charge in [0.15, 0.2) is 0 Å². The number of carbonyl (C=O) groups is 1. The van der Waals surface area contributed by atoms with Crippen LogP contribution in [0.3, 0.4) is 0 Å². The van der Waals surface area contributed by atoms with E-state index in [0.29, 0.717) is 6.54 Å². The lowest BCUT2D eigenvalue weighted by atomic mass is 10.0. The van der Waals surface area contributed by atoms with Gasteiger partial charge in [0.05, 0.1) is 6.04 Å². The SMILES string of the molecule is C=CCN(CCC)C(=O)[C@@H](N)C(C)C. The number of carbonyl (C=O) groups excluding carboxylic acids is 1. The van der Waals surface area contributed by atoms with Gasteiger partial charge in [-0.2, -0.15) is 0 Å². The molecular formula is C11H22N2O. The van der Waals surface area contributed by atoms with E-state index in [0.717, 1.165) is 13.0 Å². The fourth-order valence-electron chi connectivity index (χ4n) is 1.21. The van der Waals surface area contributed by atoms with E-state index in [1.807, 2.05) is 20.8 Å². The van der Waals surface area contributed by atoms with Crippen LogP contribution in [0.4, 0.5) is 0 Å². The van der Waals surface area contributed by atoms with Gasteiger partial charge in [-0.05, 0) is 12.3 Å². The van der Waals surface area contributed by atoms with Crippen LogP contribution in [-0.2, 0) is 4.79 Å². The van der Waals surface area contributed by atoms with Crippen molar-refractivity contribution in [3.8, 4) is 0 Å². The normalized spacial score (nSPS) is 12.6. The minimum Gasteiger partial charge on any atom is -0.338 e. The Bertz CT molecular complexity index is 190. The highest BCUT2D eigenvalue weighted by atomic mass is 16.2. The van der Waals surface area contributed by atoms with Crippen LogP contribution in [0.1, 0.15) is 27.2 Å². The van der Waals surface area contributed by atoms with Crippen molar-refractivity contribution >= 4 is 5.91 Å². The number of nitrogens with zero attached hydrogens (tertiary/aromatic N) is 1. The molecule has 3 heteroatoms. The molecule has 0 bridgehead atoms. The van der Waals surface area contributed by atoms with Crippen LogP contribution in [0.25, 0.3) is 0 Å². The van der Waals surface area contributed by atoms with Crippen LogP contribution in [0.5, 0.6) is 0 Å². The van der Waals surface area contributed by atoms with E-state index in [2.05, 4.69) is 6.58 Å². The molecule has 1 amide bonds. The highest BCUT2D eigenvalue weighted by Gasteiger charge is 2.21. The van der Waals surface area contributed by atoms with E-state index in [1.54, 1.807) is 11.0 Å². The van der Waals surface area contributed by atoms with Crippen molar-refractivity contribution in [3.63, 3.8) is 0 Å². The summed E-state index contributed by atoms with van der Waals surface area (Å²) in [6, 6.07) is -0.388. The number of rotatable bonds is 6. The summed E-state index contributed by atoms with van der Waals surface area (Å²) in [4.78, 5) is 13.6. The van der Waals surface area contributed by atoms with Gasteiger partial charge in [-0.25, -0.2) is 0 Å². The van der Waals surface area contributed by atoms with Gasteiger partial charge < -0.3 is 10.6 Å². The number of amides is 1. The van der Waals surface area contributed by atoms with E-state index in [1.165, 1.54) is 0 Å². The molecule has 0 aromatic rings. The smallest absolute Gasteiger partial charge is 0.240 e. The van der Waals surface area contributed by atoms with Crippen molar-refractivity contribution in [1.82, 2.24) is 4.90 Å². The molecule has 0 spiro atoms. The third-order valence-electron chi connectivity index (χ3n) is 2.16. The van der Waals surface area contributed by atoms with Gasteiger partial charge in [0.2, 0.25) is 5.91 Å². The fourth-order valence-corrected chi connectivity index (χ4v) is 1.21. The van der Waals surface area contributed by atoms with Crippen molar-refractivity contribution in [3.05, 3.63) is 12.7 Å². The first-order chi connectivity index (χ1) is 6.54. The summed E-state index contributed by atoms with van der Waals surface area (Å²) < 4.78 is 0. The molecule has 0 aliphatic rings. The predicted molar refractivity (Wildman–Crippen MR) is 59.9 cm³/mol. The first-order valence-electron chi connectivity index (χ1n) is 5.19. The fraction of sp³-hybridized carbons (Fsp3) is 0.727. The van der Waals surface area contributed by atoms with Crippen molar-refractivity contribution in [1.29, 1.82) is 0 Å². The highest BCUT2D eigenvalue weighted by Crippen LogP contribution is 2.04. The lowest BCUT2D eigenvalue weighted by Gasteiger charge is -2.25. The second kappa shape index (κ2) is 6.60. The van der Waals surface area contributed by atoms with Crippen LogP contribution < -0.4 is 5.73 Å². The maximum Gasteiger partial charge on any atom is 0.240 e. The van der Waals surface area contributed by atoms with E-state index in [-0.39, 0.29) is 17.9 Å². The van der Waals surface area contributed by atoms with Crippen LogP contribution >= 0.6 is 0 Å². The summed E-state index contributed by atoms with van der Waals surface area (Å²) in [5.41, 5.74) is 5.80. The summed E-state index contributed by atoms with van der Waals surface area (Å²) in [6.45, 7) is 10.9. The molecule has 2 N–H and O–H groups in total. The van der Waals surface area contributed by atoms with E-state index in [9.17, 15) is 4.79 Å². The Morgan fingerprint density at radius 1 is 1.57 bits per heavy atom. The molecule has 0 aliphatic carbocycles. The quantitative estimate of drug-likeness (QED) is 0.656. The Hall–Kier alpha value is -0.830. The Labute approximate surface area is 87.0 Å². The number of nitrogens with two attached hydrogens (primary N) is 1. The van der Waals surface area contributed by atoms with E-state index >= 15 is 0 Å². The zero-order chi connectivity index (χ0) is 11.1. The average Bonchev–Trinajstić information content (AvgIpc) is 2.15. The third-order valence-corrected chi connectivity index (χ3v) is 2.16. The number of hydrogen-bond acceptors (Lipinski definition) is 2. The molecule has 0 saturated heterocycles. The van der Waals surface area contributed by atoms with E-state index in [4.69, 9.17) is 5.73 Å². The Morgan fingerprint density at radius 3 is 2.50 bits per heavy atom. The van der Waals surface area contributed by atoms with Crippen LogP contribution in [0, 0.1) is 5.92 Å². The van der Waals surface area contributed by atoms with Gasteiger partial charge in [0.1, 0.15) is 0 Å². The zero-order valence-electron chi connectivity index (χ0n) is 9.49. The summed E-state index contributed by atoms with van der Waals surface area (Å²) >= 11 is 0. The molecule has 0 aromatic carbocycles. The molecule has 0 heterocycles. The van der Waals surface area contributed by atoms with Gasteiger partial charge in [0.25, 0.3) is 0 Å². The molecule has 14 heavy (non-hydrogen) atoms. The van der Waals surface area contributed by atoms with Crippen molar-refractivity contribution in [2.75, 3.05) is 13.1 Å². The Morgan fingerprint density at radius 2 is 2.14 bits per heavy atom. The van der Waals surface area contributed by atoms with E-state index < -0.39 is 0 Å². The molecule has 0 rings (SSSR count). The molecule has 82 valence electrons. The Balaban J connectivity index is 4.33. The Kier molecular flexibility index (Phi) is 6.21. The summed E-state index contributed by atoms with van der Waals surface area (Å²) in [5.74, 6) is 0.216. The molecule has 0 unspecified atom stereocenters. The maximum atomic E-state index is 11.8.